The molecule has 5 rings (SSSR count). The van der Waals surface area contributed by atoms with E-state index in [0.29, 0.717) is 13.0 Å². The van der Waals surface area contributed by atoms with Crippen LogP contribution in [0.1, 0.15) is 35.2 Å². The van der Waals surface area contributed by atoms with Gasteiger partial charge in [0.05, 0.1) is 19.3 Å². The Hall–Kier alpha value is -2.52. The van der Waals surface area contributed by atoms with Crippen molar-refractivity contribution in [3.05, 3.63) is 95.1 Å². The van der Waals surface area contributed by atoms with Crippen LogP contribution in [0.3, 0.4) is 0 Å². The van der Waals surface area contributed by atoms with Crippen LogP contribution < -0.4 is 4.74 Å². The number of likely N-dealkylation sites (tertiary alicyclic amines) is 1. The van der Waals surface area contributed by atoms with E-state index in [9.17, 15) is 18.3 Å². The first-order chi connectivity index (χ1) is 19.3. The number of ether oxygens (including phenoxy) is 1. The standard InChI is InChI=1S/C32H37F3N2O2S/c1-23-15-27-16-29(40-20-24-5-3-2-4-6-24)11-12-30(27)31(37(23)21-32(34,35)22-38)26-7-9-28(10-8-26)39-14-13-36-18-25(17-33)19-36/h2-12,16,23,25,31,38H,13-15,17-22H2,1H3/t23-,31?/m1/s1. The van der Waals surface area contributed by atoms with E-state index in [1.54, 1.807) is 11.8 Å². The van der Waals surface area contributed by atoms with E-state index in [1.807, 2.05) is 54.3 Å². The van der Waals surface area contributed by atoms with E-state index < -0.39 is 19.1 Å². The van der Waals surface area contributed by atoms with Gasteiger partial charge in [0.15, 0.2) is 0 Å². The zero-order valence-corrected chi connectivity index (χ0v) is 23.6. The van der Waals surface area contributed by atoms with Gasteiger partial charge in [-0.05, 0) is 59.9 Å². The SMILES string of the molecule is C[C@@H]1Cc2cc(SCc3ccccc3)ccc2C(c2ccc(OCCN3CC(CF)C3)cc2)N1CC(F)(F)CO. The van der Waals surface area contributed by atoms with Crippen molar-refractivity contribution in [2.24, 2.45) is 5.92 Å². The third-order valence-electron chi connectivity index (χ3n) is 7.84. The van der Waals surface area contributed by atoms with Gasteiger partial charge in [0.1, 0.15) is 19.0 Å². The highest BCUT2D eigenvalue weighted by Gasteiger charge is 2.40. The molecule has 2 aliphatic heterocycles. The summed E-state index contributed by atoms with van der Waals surface area (Å²) in [5, 5.41) is 9.34. The molecule has 40 heavy (non-hydrogen) atoms. The molecule has 2 atom stereocenters. The average Bonchev–Trinajstić information content (AvgIpc) is 2.94. The van der Waals surface area contributed by atoms with E-state index in [4.69, 9.17) is 4.74 Å². The molecule has 1 saturated heterocycles. The summed E-state index contributed by atoms with van der Waals surface area (Å²) in [5.41, 5.74) is 4.35. The molecule has 8 heteroatoms. The van der Waals surface area contributed by atoms with Crippen molar-refractivity contribution < 1.29 is 23.0 Å². The molecule has 3 aromatic carbocycles. The normalized spacial score (nSPS) is 20.2. The lowest BCUT2D eigenvalue weighted by molar-refractivity contribution is -0.0862. The van der Waals surface area contributed by atoms with E-state index >= 15 is 0 Å². The molecule has 1 unspecified atom stereocenters. The largest absolute Gasteiger partial charge is 0.492 e. The van der Waals surface area contributed by atoms with Gasteiger partial charge in [-0.15, -0.1) is 11.8 Å². The Morgan fingerprint density at radius 2 is 1.77 bits per heavy atom. The lowest BCUT2D eigenvalue weighted by Gasteiger charge is -2.43. The van der Waals surface area contributed by atoms with Gasteiger partial charge < -0.3 is 9.84 Å². The van der Waals surface area contributed by atoms with Crippen molar-refractivity contribution in [2.45, 2.75) is 42.0 Å². The molecule has 2 heterocycles. The van der Waals surface area contributed by atoms with Gasteiger partial charge in [0.25, 0.3) is 5.92 Å². The third-order valence-corrected chi connectivity index (χ3v) is 8.90. The van der Waals surface area contributed by atoms with Crippen LogP contribution in [0.2, 0.25) is 0 Å². The lowest BCUT2D eigenvalue weighted by atomic mass is 9.85. The van der Waals surface area contributed by atoms with E-state index in [0.717, 1.165) is 47.2 Å². The maximum Gasteiger partial charge on any atom is 0.283 e. The zero-order valence-electron chi connectivity index (χ0n) is 22.8. The predicted molar refractivity (Wildman–Crippen MR) is 154 cm³/mol. The van der Waals surface area contributed by atoms with Crippen molar-refractivity contribution in [1.29, 1.82) is 0 Å². The number of fused-ring (bicyclic) bond motifs is 1. The van der Waals surface area contributed by atoms with Gasteiger partial charge in [-0.25, -0.2) is 8.78 Å². The first kappa shape index (κ1) is 29.0. The Morgan fingerprint density at radius 1 is 1.02 bits per heavy atom. The molecule has 4 nitrogen and oxygen atoms in total. The van der Waals surface area contributed by atoms with Crippen LogP contribution in [0.25, 0.3) is 0 Å². The fraction of sp³-hybridized carbons (Fsp3) is 0.438. The second-order valence-corrected chi connectivity index (χ2v) is 12.0. The summed E-state index contributed by atoms with van der Waals surface area (Å²) in [5.74, 6) is -1.46. The highest BCUT2D eigenvalue weighted by molar-refractivity contribution is 7.98. The van der Waals surface area contributed by atoms with Crippen molar-refractivity contribution >= 4 is 11.8 Å². The molecule has 2 aliphatic rings. The number of halogens is 3. The van der Waals surface area contributed by atoms with Gasteiger partial charge in [-0.3, -0.25) is 14.2 Å². The predicted octanol–water partition coefficient (Wildman–Crippen LogP) is 6.22. The minimum atomic E-state index is -3.20. The molecule has 0 aliphatic carbocycles. The Balaban J connectivity index is 1.33. The zero-order chi connectivity index (χ0) is 28.1. The molecule has 1 fully saturated rings. The first-order valence-electron chi connectivity index (χ1n) is 13.9. The number of benzene rings is 3. The minimum Gasteiger partial charge on any atom is -0.492 e. The van der Waals surface area contributed by atoms with E-state index in [-0.39, 0.29) is 24.7 Å². The van der Waals surface area contributed by atoms with Gasteiger partial charge in [0, 0.05) is 42.2 Å². The number of nitrogens with zero attached hydrogens (tertiary/aromatic N) is 2. The van der Waals surface area contributed by atoms with Crippen LogP contribution in [0.5, 0.6) is 5.75 Å². The molecule has 214 valence electrons. The fourth-order valence-electron chi connectivity index (χ4n) is 5.66. The smallest absolute Gasteiger partial charge is 0.283 e. The third kappa shape index (κ3) is 7.03. The molecule has 0 aromatic heterocycles. The number of rotatable bonds is 12. The van der Waals surface area contributed by atoms with Crippen LogP contribution in [-0.4, -0.2) is 72.9 Å². The molecule has 0 amide bonds. The van der Waals surface area contributed by atoms with E-state index in [2.05, 4.69) is 35.2 Å². The quantitative estimate of drug-likeness (QED) is 0.262. The van der Waals surface area contributed by atoms with E-state index in [1.165, 1.54) is 11.1 Å². The highest BCUT2D eigenvalue weighted by Crippen LogP contribution is 2.41. The van der Waals surface area contributed by atoms with Crippen molar-refractivity contribution in [1.82, 2.24) is 9.80 Å². The number of aliphatic hydroxyl groups excluding tert-OH is 1. The number of aliphatic hydroxyl groups is 1. The second-order valence-electron chi connectivity index (χ2n) is 11.0. The molecule has 1 N–H and O–H groups in total. The molecular formula is C32H37F3N2O2S. The topological polar surface area (TPSA) is 35.9 Å². The van der Waals surface area contributed by atoms with Crippen molar-refractivity contribution in [3.63, 3.8) is 0 Å². The molecule has 0 bridgehead atoms. The van der Waals surface area contributed by atoms with Gasteiger partial charge in [-0.2, -0.15) is 0 Å². The van der Waals surface area contributed by atoms with Gasteiger partial charge in [-0.1, -0.05) is 48.5 Å². The Kier molecular flexibility index (Phi) is 9.41. The fourth-order valence-corrected chi connectivity index (χ4v) is 6.57. The molecule has 0 saturated carbocycles. The Bertz CT molecular complexity index is 1240. The summed E-state index contributed by atoms with van der Waals surface area (Å²) >= 11 is 1.77. The van der Waals surface area contributed by atoms with Crippen LogP contribution in [0.4, 0.5) is 13.2 Å². The Labute approximate surface area is 239 Å². The second kappa shape index (κ2) is 13.0. The highest BCUT2D eigenvalue weighted by atomic mass is 32.2. The summed E-state index contributed by atoms with van der Waals surface area (Å²) in [6, 6.07) is 23.9. The number of alkyl halides is 3. The monoisotopic (exact) mass is 570 g/mol. The van der Waals surface area contributed by atoms with Crippen LogP contribution in [0.15, 0.2) is 77.7 Å². The summed E-state index contributed by atoms with van der Waals surface area (Å²) in [6.45, 7) is 2.83. The van der Waals surface area contributed by atoms with Gasteiger partial charge in [0.2, 0.25) is 0 Å². The maximum atomic E-state index is 14.5. The number of thioether (sulfide) groups is 1. The first-order valence-corrected chi connectivity index (χ1v) is 14.9. The van der Waals surface area contributed by atoms with Crippen LogP contribution >= 0.6 is 11.8 Å². The minimum absolute atomic E-state index is 0.134. The maximum absolute atomic E-state index is 14.5. The summed E-state index contributed by atoms with van der Waals surface area (Å²) in [4.78, 5) is 5.15. The summed E-state index contributed by atoms with van der Waals surface area (Å²) in [7, 11) is 0. The Morgan fingerprint density at radius 3 is 2.48 bits per heavy atom. The lowest BCUT2D eigenvalue weighted by Crippen LogP contribution is -2.49. The molecular weight excluding hydrogens is 533 g/mol. The van der Waals surface area contributed by atoms with Crippen LogP contribution in [0, 0.1) is 5.92 Å². The summed E-state index contributed by atoms with van der Waals surface area (Å²) in [6.07, 6.45) is 0.661. The summed E-state index contributed by atoms with van der Waals surface area (Å²) < 4.78 is 47.6. The van der Waals surface area contributed by atoms with Crippen molar-refractivity contribution in [2.75, 3.05) is 46.1 Å². The molecule has 0 radical (unpaired) electrons. The van der Waals surface area contributed by atoms with Crippen LogP contribution in [-0.2, 0) is 12.2 Å². The molecule has 3 aromatic rings. The van der Waals surface area contributed by atoms with Gasteiger partial charge >= 0.3 is 0 Å². The average molecular weight is 571 g/mol. The van der Waals surface area contributed by atoms with Crippen molar-refractivity contribution in [3.8, 4) is 5.75 Å². The molecule has 0 spiro atoms. The number of hydrogen-bond donors (Lipinski definition) is 1. The number of hydrogen-bond acceptors (Lipinski definition) is 5.